The Kier molecular flexibility index (Phi) is 5.00. The van der Waals surface area contributed by atoms with Gasteiger partial charge in [0.25, 0.3) is 0 Å². The molecule has 0 amide bonds. The van der Waals surface area contributed by atoms with Crippen LogP contribution in [-0.4, -0.2) is 0 Å². The molecule has 1 atom stereocenters. The predicted molar refractivity (Wildman–Crippen MR) is 96.4 cm³/mol. The van der Waals surface area contributed by atoms with Crippen LogP contribution in [0, 0.1) is 0 Å². The molecule has 0 radical (unpaired) electrons. The molecular weight excluding hydrogens is 320 g/mol. The molecule has 0 heterocycles. The fourth-order valence-electron chi connectivity index (χ4n) is 3.63. The number of benzene rings is 2. The van der Waals surface area contributed by atoms with Gasteiger partial charge in [0.2, 0.25) is 0 Å². The number of unbranched alkanes of at least 4 members (excludes halogenated alkanes) is 4. The van der Waals surface area contributed by atoms with Gasteiger partial charge < -0.3 is 0 Å². The molecule has 21 heavy (non-hydrogen) atoms. The molecule has 0 saturated heterocycles. The molecule has 2 aromatic carbocycles. The molecule has 1 aliphatic carbocycles. The third kappa shape index (κ3) is 3.18. The maximum atomic E-state index is 3.95. The first-order valence-electron chi connectivity index (χ1n) is 8.48. The maximum absolute atomic E-state index is 3.95. The molecule has 3 rings (SSSR count). The third-order valence-corrected chi connectivity index (χ3v) is 5.76. The Labute approximate surface area is 137 Å². The summed E-state index contributed by atoms with van der Waals surface area (Å²) in [5, 5.41) is 3.03. The number of hydrogen-bond donors (Lipinski definition) is 0. The molecule has 1 unspecified atom stereocenters. The molecule has 0 N–H and O–H groups in total. The van der Waals surface area contributed by atoms with Crippen molar-refractivity contribution in [1.82, 2.24) is 0 Å². The van der Waals surface area contributed by atoms with Crippen LogP contribution in [0.1, 0.15) is 67.0 Å². The van der Waals surface area contributed by atoms with Crippen LogP contribution in [0.4, 0.5) is 0 Å². The van der Waals surface area contributed by atoms with Crippen LogP contribution in [0.5, 0.6) is 0 Å². The Bertz CT molecular complexity index is 604. The first kappa shape index (κ1) is 15.1. The smallest absolute Gasteiger partial charge is 0.0401 e. The van der Waals surface area contributed by atoms with Crippen molar-refractivity contribution >= 4 is 26.7 Å². The van der Waals surface area contributed by atoms with Gasteiger partial charge in [0.15, 0.2) is 0 Å². The summed E-state index contributed by atoms with van der Waals surface area (Å²) in [6.45, 7) is 2.28. The number of rotatable bonds is 7. The van der Waals surface area contributed by atoms with E-state index in [0.717, 1.165) is 0 Å². The summed E-state index contributed by atoms with van der Waals surface area (Å²) >= 11 is 3.95. The summed E-state index contributed by atoms with van der Waals surface area (Å²) in [4.78, 5) is 0.504. The minimum atomic E-state index is 0.504. The Balaban J connectivity index is 1.75. The standard InChI is InChI=1S/C20H25Br/c1-2-3-4-5-6-10-19(21)17-14-13-16-12-11-15-8-7-9-18(17)20(15)16/h7-9,13-14,19H,2-6,10-12H2,1H3. The molecule has 0 aliphatic heterocycles. The number of aryl methyl sites for hydroxylation is 2. The second-order valence-corrected chi connectivity index (χ2v) is 7.43. The lowest BCUT2D eigenvalue weighted by atomic mass is 9.96. The average Bonchev–Trinajstić information content (AvgIpc) is 2.93. The van der Waals surface area contributed by atoms with Crippen LogP contribution in [0.2, 0.25) is 0 Å². The molecule has 0 fully saturated rings. The summed E-state index contributed by atoms with van der Waals surface area (Å²) in [6, 6.07) is 11.6. The normalized spacial score (nSPS) is 14.8. The van der Waals surface area contributed by atoms with Crippen molar-refractivity contribution in [3.05, 3.63) is 47.0 Å². The van der Waals surface area contributed by atoms with Crippen molar-refractivity contribution < 1.29 is 0 Å². The Morgan fingerprint density at radius 3 is 2.52 bits per heavy atom. The summed E-state index contributed by atoms with van der Waals surface area (Å²) in [7, 11) is 0. The summed E-state index contributed by atoms with van der Waals surface area (Å²) in [5.41, 5.74) is 4.59. The van der Waals surface area contributed by atoms with Gasteiger partial charge in [-0.3, -0.25) is 0 Å². The Morgan fingerprint density at radius 2 is 1.71 bits per heavy atom. The van der Waals surface area contributed by atoms with Crippen LogP contribution >= 0.6 is 15.9 Å². The summed E-state index contributed by atoms with van der Waals surface area (Å²) in [5.74, 6) is 0. The van der Waals surface area contributed by atoms with Crippen molar-refractivity contribution in [2.75, 3.05) is 0 Å². The molecule has 0 spiro atoms. The molecule has 112 valence electrons. The van der Waals surface area contributed by atoms with E-state index in [1.54, 1.807) is 16.5 Å². The van der Waals surface area contributed by atoms with Gasteiger partial charge in [-0.1, -0.05) is 85.3 Å². The quantitative estimate of drug-likeness (QED) is 0.385. The molecule has 1 heteroatoms. The molecular formula is C20H25Br. The van der Waals surface area contributed by atoms with Gasteiger partial charge in [-0.2, -0.15) is 0 Å². The van der Waals surface area contributed by atoms with Crippen molar-refractivity contribution in [3.63, 3.8) is 0 Å². The average molecular weight is 345 g/mol. The van der Waals surface area contributed by atoms with E-state index in [2.05, 4.69) is 53.2 Å². The minimum absolute atomic E-state index is 0.504. The SMILES string of the molecule is CCCCCCCC(Br)c1ccc2c3c(cccc13)CC2. The highest BCUT2D eigenvalue weighted by Crippen LogP contribution is 2.39. The summed E-state index contributed by atoms with van der Waals surface area (Å²) in [6.07, 6.45) is 10.5. The van der Waals surface area contributed by atoms with Crippen molar-refractivity contribution in [3.8, 4) is 0 Å². The van der Waals surface area contributed by atoms with E-state index < -0.39 is 0 Å². The molecule has 2 aromatic rings. The van der Waals surface area contributed by atoms with Crippen LogP contribution in [-0.2, 0) is 12.8 Å². The van der Waals surface area contributed by atoms with E-state index in [-0.39, 0.29) is 0 Å². The Hall–Kier alpha value is -0.820. The van der Waals surface area contributed by atoms with Crippen LogP contribution in [0.3, 0.4) is 0 Å². The first-order chi connectivity index (χ1) is 10.3. The van der Waals surface area contributed by atoms with Crippen molar-refractivity contribution in [2.24, 2.45) is 0 Å². The first-order valence-corrected chi connectivity index (χ1v) is 9.40. The van der Waals surface area contributed by atoms with Gasteiger partial charge in [-0.15, -0.1) is 0 Å². The molecule has 0 bridgehead atoms. The minimum Gasteiger partial charge on any atom is -0.0839 e. The molecule has 0 saturated carbocycles. The number of alkyl halides is 1. The number of halogens is 1. The van der Waals surface area contributed by atoms with E-state index in [1.165, 1.54) is 62.3 Å². The zero-order valence-corrected chi connectivity index (χ0v) is 14.6. The lowest BCUT2D eigenvalue weighted by Crippen LogP contribution is -1.94. The Morgan fingerprint density at radius 1 is 0.952 bits per heavy atom. The van der Waals surface area contributed by atoms with E-state index >= 15 is 0 Å². The highest BCUT2D eigenvalue weighted by atomic mass is 79.9. The second kappa shape index (κ2) is 6.96. The van der Waals surface area contributed by atoms with Gasteiger partial charge in [-0.25, -0.2) is 0 Å². The lowest BCUT2D eigenvalue weighted by molar-refractivity contribution is 0.607. The zero-order chi connectivity index (χ0) is 14.7. The predicted octanol–water partition coefficient (Wildman–Crippen LogP) is 6.73. The summed E-state index contributed by atoms with van der Waals surface area (Å²) < 4.78 is 0. The highest BCUT2D eigenvalue weighted by Gasteiger charge is 2.18. The van der Waals surface area contributed by atoms with Crippen molar-refractivity contribution in [1.29, 1.82) is 0 Å². The molecule has 0 aromatic heterocycles. The maximum Gasteiger partial charge on any atom is 0.0401 e. The highest BCUT2D eigenvalue weighted by molar-refractivity contribution is 9.09. The van der Waals surface area contributed by atoms with Crippen LogP contribution in [0.25, 0.3) is 10.8 Å². The molecule has 0 nitrogen and oxygen atoms in total. The monoisotopic (exact) mass is 344 g/mol. The fourth-order valence-corrected chi connectivity index (χ4v) is 4.35. The van der Waals surface area contributed by atoms with E-state index in [9.17, 15) is 0 Å². The van der Waals surface area contributed by atoms with Gasteiger partial charge in [0.05, 0.1) is 0 Å². The van der Waals surface area contributed by atoms with Gasteiger partial charge in [0.1, 0.15) is 0 Å². The van der Waals surface area contributed by atoms with E-state index in [0.29, 0.717) is 4.83 Å². The van der Waals surface area contributed by atoms with Gasteiger partial charge >= 0.3 is 0 Å². The van der Waals surface area contributed by atoms with E-state index in [1.807, 2.05) is 0 Å². The fraction of sp³-hybridized carbons (Fsp3) is 0.500. The van der Waals surface area contributed by atoms with Gasteiger partial charge in [0, 0.05) is 4.83 Å². The molecule has 1 aliphatic rings. The van der Waals surface area contributed by atoms with Crippen LogP contribution < -0.4 is 0 Å². The lowest BCUT2D eigenvalue weighted by Gasteiger charge is -2.14. The van der Waals surface area contributed by atoms with Crippen molar-refractivity contribution in [2.45, 2.75) is 63.1 Å². The zero-order valence-electron chi connectivity index (χ0n) is 13.0. The van der Waals surface area contributed by atoms with Crippen LogP contribution in [0.15, 0.2) is 30.3 Å². The second-order valence-electron chi connectivity index (χ2n) is 6.32. The van der Waals surface area contributed by atoms with Gasteiger partial charge in [-0.05, 0) is 46.7 Å². The number of hydrogen-bond acceptors (Lipinski definition) is 0. The van der Waals surface area contributed by atoms with E-state index in [4.69, 9.17) is 0 Å². The topological polar surface area (TPSA) is 0 Å². The largest absolute Gasteiger partial charge is 0.0839 e. The third-order valence-electron chi connectivity index (χ3n) is 4.81.